The number of ether oxygens (including phenoxy) is 1. The highest BCUT2D eigenvalue weighted by Gasteiger charge is 2.10. The molecule has 0 aliphatic heterocycles. The van der Waals surface area contributed by atoms with Crippen LogP contribution in [0.1, 0.15) is 12.5 Å². The van der Waals surface area contributed by atoms with Crippen molar-refractivity contribution in [3.63, 3.8) is 0 Å². The maximum Gasteiger partial charge on any atom is 0.325 e. The molecule has 2 N–H and O–H groups in total. The van der Waals surface area contributed by atoms with Gasteiger partial charge in [-0.3, -0.25) is 9.59 Å². The molecule has 0 saturated heterocycles. The van der Waals surface area contributed by atoms with Crippen molar-refractivity contribution in [2.45, 2.75) is 13.8 Å². The van der Waals surface area contributed by atoms with Gasteiger partial charge in [0.1, 0.15) is 18.2 Å². The first-order valence-electron chi connectivity index (χ1n) is 6.44. The number of esters is 1. The molecular formula is C15H17N3O3. The van der Waals surface area contributed by atoms with Crippen molar-refractivity contribution < 1.29 is 14.3 Å². The van der Waals surface area contributed by atoms with Crippen LogP contribution in [-0.2, 0) is 14.3 Å². The number of nitrogens with one attached hydrogen (secondary N) is 2. The highest BCUT2D eigenvalue weighted by Crippen LogP contribution is 2.13. The fourth-order valence-electron chi connectivity index (χ4n) is 1.50. The molecule has 1 aromatic rings. The summed E-state index contributed by atoms with van der Waals surface area (Å²) >= 11 is 0. The van der Waals surface area contributed by atoms with Crippen LogP contribution < -0.4 is 10.6 Å². The third-order valence-electron chi connectivity index (χ3n) is 2.56. The molecule has 1 rings (SSSR count). The summed E-state index contributed by atoms with van der Waals surface area (Å²) in [5.41, 5.74) is 1.40. The lowest BCUT2D eigenvalue weighted by atomic mass is 10.2. The molecule has 6 heteroatoms. The minimum absolute atomic E-state index is 0.101. The van der Waals surface area contributed by atoms with Gasteiger partial charge in [0, 0.05) is 11.9 Å². The number of rotatable bonds is 6. The van der Waals surface area contributed by atoms with Crippen molar-refractivity contribution in [2.24, 2.45) is 0 Å². The number of hydrogen-bond donors (Lipinski definition) is 2. The van der Waals surface area contributed by atoms with Crippen LogP contribution in [0.2, 0.25) is 0 Å². The minimum Gasteiger partial charge on any atom is -0.465 e. The Kier molecular flexibility index (Phi) is 6.48. The topological polar surface area (TPSA) is 91.2 Å². The lowest BCUT2D eigenvalue weighted by molar-refractivity contribution is -0.141. The van der Waals surface area contributed by atoms with E-state index in [1.165, 1.54) is 6.20 Å². The number of para-hydroxylation sites is 1. The summed E-state index contributed by atoms with van der Waals surface area (Å²) < 4.78 is 4.72. The zero-order chi connectivity index (χ0) is 15.7. The SMILES string of the molecule is CCOC(=O)CN/C=C(/C#N)C(=O)Nc1ccccc1C. The second kappa shape index (κ2) is 8.38. The molecule has 0 unspecified atom stereocenters. The van der Waals surface area contributed by atoms with Crippen LogP contribution >= 0.6 is 0 Å². The molecule has 0 bridgehead atoms. The van der Waals surface area contributed by atoms with Crippen molar-refractivity contribution in [2.75, 3.05) is 18.5 Å². The number of nitriles is 1. The molecule has 0 spiro atoms. The highest BCUT2D eigenvalue weighted by molar-refractivity contribution is 6.06. The fourth-order valence-corrected chi connectivity index (χ4v) is 1.50. The Labute approximate surface area is 123 Å². The summed E-state index contributed by atoms with van der Waals surface area (Å²) in [4.78, 5) is 23.1. The molecule has 0 aliphatic rings. The van der Waals surface area contributed by atoms with Gasteiger partial charge in [0.2, 0.25) is 0 Å². The standard InChI is InChI=1S/C15H17N3O3/c1-3-21-14(19)10-17-9-12(8-16)15(20)18-13-7-5-4-6-11(13)2/h4-7,9,17H,3,10H2,1-2H3,(H,18,20)/b12-9-. The van der Waals surface area contributed by atoms with Crippen LogP contribution in [0.3, 0.4) is 0 Å². The first-order chi connectivity index (χ1) is 10.1. The molecule has 1 amide bonds. The van der Waals surface area contributed by atoms with Gasteiger partial charge in [0.25, 0.3) is 5.91 Å². The van der Waals surface area contributed by atoms with Crippen LogP contribution in [0, 0.1) is 18.3 Å². The molecule has 21 heavy (non-hydrogen) atoms. The van der Waals surface area contributed by atoms with Crippen molar-refractivity contribution in [1.82, 2.24) is 5.32 Å². The van der Waals surface area contributed by atoms with Gasteiger partial charge in [-0.15, -0.1) is 0 Å². The lowest BCUT2D eigenvalue weighted by Crippen LogP contribution is -2.22. The van der Waals surface area contributed by atoms with E-state index in [2.05, 4.69) is 10.6 Å². The Balaban J connectivity index is 2.63. The molecule has 0 atom stereocenters. The number of nitrogens with zero attached hydrogens (tertiary/aromatic N) is 1. The molecular weight excluding hydrogens is 270 g/mol. The van der Waals surface area contributed by atoms with Gasteiger partial charge in [-0.05, 0) is 25.5 Å². The van der Waals surface area contributed by atoms with E-state index in [0.29, 0.717) is 5.69 Å². The molecule has 0 aromatic heterocycles. The molecule has 0 heterocycles. The number of anilines is 1. The number of aryl methyl sites for hydroxylation is 1. The third kappa shape index (κ3) is 5.37. The van der Waals surface area contributed by atoms with E-state index < -0.39 is 11.9 Å². The maximum absolute atomic E-state index is 11.9. The van der Waals surface area contributed by atoms with E-state index in [9.17, 15) is 9.59 Å². The van der Waals surface area contributed by atoms with Crippen molar-refractivity contribution in [1.29, 1.82) is 5.26 Å². The summed E-state index contributed by atoms with van der Waals surface area (Å²) in [6, 6.07) is 9.02. The van der Waals surface area contributed by atoms with Crippen molar-refractivity contribution in [3.05, 3.63) is 41.6 Å². The van der Waals surface area contributed by atoms with Crippen molar-refractivity contribution >= 4 is 17.6 Å². The quantitative estimate of drug-likeness (QED) is 0.470. The van der Waals surface area contributed by atoms with Gasteiger partial charge in [-0.25, -0.2) is 0 Å². The molecule has 0 fully saturated rings. The van der Waals surface area contributed by atoms with E-state index in [-0.39, 0.29) is 18.7 Å². The fraction of sp³-hybridized carbons (Fsp3) is 0.267. The van der Waals surface area contributed by atoms with Gasteiger partial charge in [0.05, 0.1) is 6.61 Å². The number of benzene rings is 1. The zero-order valence-corrected chi connectivity index (χ0v) is 12.0. The van der Waals surface area contributed by atoms with E-state index in [1.807, 2.05) is 19.1 Å². The maximum atomic E-state index is 11.9. The number of amides is 1. The Morgan fingerprint density at radius 1 is 1.38 bits per heavy atom. The normalized spacial score (nSPS) is 10.4. The highest BCUT2D eigenvalue weighted by atomic mass is 16.5. The minimum atomic E-state index is -0.539. The molecule has 1 aromatic carbocycles. The van der Waals surface area contributed by atoms with Crippen molar-refractivity contribution in [3.8, 4) is 6.07 Å². The molecule has 110 valence electrons. The zero-order valence-electron chi connectivity index (χ0n) is 12.0. The van der Waals surface area contributed by atoms with Crippen LogP contribution in [0.15, 0.2) is 36.0 Å². The third-order valence-corrected chi connectivity index (χ3v) is 2.56. The Hall–Kier alpha value is -2.81. The van der Waals surface area contributed by atoms with Gasteiger partial charge in [-0.1, -0.05) is 18.2 Å². The van der Waals surface area contributed by atoms with E-state index in [1.54, 1.807) is 25.1 Å². The largest absolute Gasteiger partial charge is 0.465 e. The smallest absolute Gasteiger partial charge is 0.325 e. The van der Waals surface area contributed by atoms with Crippen LogP contribution in [-0.4, -0.2) is 25.0 Å². The van der Waals surface area contributed by atoms with Crippen LogP contribution in [0.5, 0.6) is 0 Å². The van der Waals surface area contributed by atoms with Gasteiger partial charge in [-0.2, -0.15) is 5.26 Å². The first kappa shape index (κ1) is 16.2. The molecule has 6 nitrogen and oxygen atoms in total. The van der Waals surface area contributed by atoms with Crippen LogP contribution in [0.25, 0.3) is 0 Å². The number of carbonyl (C=O) groups excluding carboxylic acids is 2. The molecule has 0 radical (unpaired) electrons. The van der Waals surface area contributed by atoms with E-state index in [4.69, 9.17) is 10.00 Å². The number of carbonyl (C=O) groups is 2. The predicted molar refractivity (Wildman–Crippen MR) is 78.1 cm³/mol. The Bertz CT molecular complexity index is 588. The average molecular weight is 287 g/mol. The molecule has 0 saturated carbocycles. The van der Waals surface area contributed by atoms with Gasteiger partial charge < -0.3 is 15.4 Å². The van der Waals surface area contributed by atoms with Gasteiger partial charge in [0.15, 0.2) is 0 Å². The van der Waals surface area contributed by atoms with Gasteiger partial charge >= 0.3 is 5.97 Å². The first-order valence-corrected chi connectivity index (χ1v) is 6.44. The average Bonchev–Trinajstić information content (AvgIpc) is 2.46. The Morgan fingerprint density at radius 3 is 2.71 bits per heavy atom. The number of hydrogen-bond acceptors (Lipinski definition) is 5. The lowest BCUT2D eigenvalue weighted by Gasteiger charge is -2.07. The summed E-state index contributed by atoms with van der Waals surface area (Å²) in [6.07, 6.45) is 1.20. The molecule has 0 aliphatic carbocycles. The summed E-state index contributed by atoms with van der Waals surface area (Å²) in [5, 5.41) is 14.2. The monoisotopic (exact) mass is 287 g/mol. The summed E-state index contributed by atoms with van der Waals surface area (Å²) in [6.45, 7) is 3.73. The predicted octanol–water partition coefficient (Wildman–Crippen LogP) is 1.49. The second-order valence-corrected chi connectivity index (χ2v) is 4.12. The van der Waals surface area contributed by atoms with E-state index in [0.717, 1.165) is 5.56 Å². The Morgan fingerprint density at radius 2 is 2.10 bits per heavy atom. The van der Waals surface area contributed by atoms with Crippen LogP contribution in [0.4, 0.5) is 5.69 Å². The van der Waals surface area contributed by atoms with E-state index >= 15 is 0 Å². The second-order valence-electron chi connectivity index (χ2n) is 4.12. The summed E-state index contributed by atoms with van der Waals surface area (Å²) in [5.74, 6) is -0.992. The summed E-state index contributed by atoms with van der Waals surface area (Å²) in [7, 11) is 0.